The van der Waals surface area contributed by atoms with Gasteiger partial charge in [-0.25, -0.2) is 0 Å². The molecule has 1 fully saturated rings. The highest BCUT2D eigenvalue weighted by Gasteiger charge is 2.38. The maximum Gasteiger partial charge on any atom is 0.201 e. The molecule has 1 saturated heterocycles. The summed E-state index contributed by atoms with van der Waals surface area (Å²) in [5, 5.41) is 40.7. The number of fused-ring (bicyclic) bond motifs is 2. The number of phenolic OH excluding ortho intramolecular Hbond substituents is 4. The highest BCUT2D eigenvalue weighted by atomic mass is 16.5. The minimum absolute atomic E-state index is 0.0753. The normalized spacial score (nSPS) is 19.2. The van der Waals surface area contributed by atoms with Crippen LogP contribution in [0.25, 0.3) is 0 Å². The van der Waals surface area contributed by atoms with E-state index in [4.69, 9.17) is 4.74 Å². The van der Waals surface area contributed by atoms with Crippen LogP contribution in [0.2, 0.25) is 0 Å². The second kappa shape index (κ2) is 5.74. The average Bonchev–Trinajstić information content (AvgIpc) is 2.59. The molecule has 0 spiro atoms. The summed E-state index contributed by atoms with van der Waals surface area (Å²) in [5.74, 6) is -3.19. The summed E-state index contributed by atoms with van der Waals surface area (Å²) in [6, 6.07) is 3.16. The van der Waals surface area contributed by atoms with E-state index in [0.29, 0.717) is 13.0 Å². The van der Waals surface area contributed by atoms with E-state index in [0.717, 1.165) is 31.0 Å². The largest absolute Gasteiger partial charge is 0.508 e. The molecule has 0 aromatic heterocycles. The predicted octanol–water partition coefficient (Wildman–Crippen LogP) is 2.53. The Morgan fingerprint density at radius 2 is 1.58 bits per heavy atom. The van der Waals surface area contributed by atoms with E-state index in [2.05, 4.69) is 0 Å². The van der Waals surface area contributed by atoms with E-state index >= 15 is 0 Å². The monoisotopic (exact) mass is 356 g/mol. The van der Waals surface area contributed by atoms with Gasteiger partial charge in [0, 0.05) is 23.8 Å². The first-order chi connectivity index (χ1) is 12.4. The molecule has 7 heteroatoms. The third-order valence-electron chi connectivity index (χ3n) is 4.87. The van der Waals surface area contributed by atoms with Gasteiger partial charge in [0.2, 0.25) is 5.78 Å². The molecule has 7 nitrogen and oxygen atoms in total. The number of rotatable bonds is 1. The van der Waals surface area contributed by atoms with Crippen LogP contribution in [0.15, 0.2) is 18.2 Å². The van der Waals surface area contributed by atoms with Gasteiger partial charge in [-0.05, 0) is 31.4 Å². The molecule has 2 aromatic rings. The molecule has 26 heavy (non-hydrogen) atoms. The lowest BCUT2D eigenvalue weighted by atomic mass is 9.81. The summed E-state index contributed by atoms with van der Waals surface area (Å²) in [5.41, 5.74) is -0.837. The SMILES string of the molecule is O=C1c2cc(O)cc(O)c2C(=O)c2c1cc(O)c(C1CCCCO1)c2O. The Balaban J connectivity index is 1.94. The van der Waals surface area contributed by atoms with Crippen LogP contribution in [0.5, 0.6) is 23.0 Å². The summed E-state index contributed by atoms with van der Waals surface area (Å²) in [7, 11) is 0. The molecule has 0 radical (unpaired) electrons. The van der Waals surface area contributed by atoms with E-state index < -0.39 is 29.2 Å². The van der Waals surface area contributed by atoms with Crippen LogP contribution in [-0.2, 0) is 4.74 Å². The minimum Gasteiger partial charge on any atom is -0.508 e. The van der Waals surface area contributed by atoms with E-state index in [1.54, 1.807) is 0 Å². The number of carbonyl (C=O) groups excluding carboxylic acids is 2. The Kier molecular flexibility index (Phi) is 3.62. The van der Waals surface area contributed by atoms with Gasteiger partial charge >= 0.3 is 0 Å². The van der Waals surface area contributed by atoms with Crippen LogP contribution < -0.4 is 0 Å². The van der Waals surface area contributed by atoms with Crippen LogP contribution in [0, 0.1) is 0 Å². The number of ketones is 2. The second-order valence-electron chi connectivity index (χ2n) is 6.48. The van der Waals surface area contributed by atoms with Crippen LogP contribution in [0.1, 0.15) is 62.8 Å². The first-order valence-electron chi connectivity index (χ1n) is 8.26. The Labute approximate surface area is 148 Å². The van der Waals surface area contributed by atoms with E-state index in [1.807, 2.05) is 0 Å². The average molecular weight is 356 g/mol. The van der Waals surface area contributed by atoms with Gasteiger partial charge in [-0.1, -0.05) is 0 Å². The van der Waals surface area contributed by atoms with Gasteiger partial charge in [-0.2, -0.15) is 0 Å². The zero-order chi connectivity index (χ0) is 18.6. The van der Waals surface area contributed by atoms with Crippen molar-refractivity contribution in [3.63, 3.8) is 0 Å². The molecule has 1 aliphatic heterocycles. The van der Waals surface area contributed by atoms with Crippen molar-refractivity contribution in [3.8, 4) is 23.0 Å². The minimum atomic E-state index is -0.748. The molecule has 0 amide bonds. The Bertz CT molecular complexity index is 955. The zero-order valence-electron chi connectivity index (χ0n) is 13.7. The molecule has 2 aromatic carbocycles. The number of hydrogen-bond acceptors (Lipinski definition) is 7. The number of hydrogen-bond donors (Lipinski definition) is 4. The number of aromatic hydroxyl groups is 4. The smallest absolute Gasteiger partial charge is 0.201 e. The highest BCUT2D eigenvalue weighted by molar-refractivity contribution is 6.30. The van der Waals surface area contributed by atoms with Crippen LogP contribution >= 0.6 is 0 Å². The number of phenols is 4. The maximum absolute atomic E-state index is 12.9. The maximum atomic E-state index is 12.9. The van der Waals surface area contributed by atoms with Crippen LogP contribution in [-0.4, -0.2) is 38.6 Å². The molecule has 1 unspecified atom stereocenters. The summed E-state index contributed by atoms with van der Waals surface area (Å²) in [4.78, 5) is 25.6. The van der Waals surface area contributed by atoms with Gasteiger partial charge in [0.1, 0.15) is 23.0 Å². The molecular formula is C19H16O7. The molecule has 1 heterocycles. The number of carbonyl (C=O) groups is 2. The highest BCUT2D eigenvalue weighted by Crippen LogP contribution is 2.46. The first kappa shape index (κ1) is 16.4. The standard InChI is InChI=1S/C19H16O7/c20-8-5-9-14(11(21)6-8)18(24)15-10(17(9)23)7-12(22)16(19(15)25)13-3-1-2-4-26-13/h5-7,13,20-22,25H,1-4H2. The third kappa shape index (κ3) is 2.24. The lowest BCUT2D eigenvalue weighted by Crippen LogP contribution is -2.22. The Morgan fingerprint density at radius 3 is 2.27 bits per heavy atom. The van der Waals surface area contributed by atoms with Gasteiger partial charge in [0.05, 0.1) is 22.8 Å². The number of benzene rings is 2. The van der Waals surface area contributed by atoms with Gasteiger partial charge < -0.3 is 25.2 Å². The van der Waals surface area contributed by atoms with Crippen molar-refractivity contribution in [1.29, 1.82) is 0 Å². The summed E-state index contributed by atoms with van der Waals surface area (Å²) in [6.07, 6.45) is 1.70. The second-order valence-corrected chi connectivity index (χ2v) is 6.48. The summed E-state index contributed by atoms with van der Waals surface area (Å²) >= 11 is 0. The topological polar surface area (TPSA) is 124 Å². The first-order valence-corrected chi connectivity index (χ1v) is 8.26. The van der Waals surface area contributed by atoms with Crippen molar-refractivity contribution >= 4 is 11.6 Å². The molecule has 134 valence electrons. The van der Waals surface area contributed by atoms with Crippen molar-refractivity contribution in [1.82, 2.24) is 0 Å². The molecule has 2 aliphatic rings. The van der Waals surface area contributed by atoms with Crippen molar-refractivity contribution in [3.05, 3.63) is 46.0 Å². The molecule has 4 rings (SSSR count). The third-order valence-corrected chi connectivity index (χ3v) is 4.87. The van der Waals surface area contributed by atoms with Crippen molar-refractivity contribution < 1.29 is 34.8 Å². The summed E-state index contributed by atoms with van der Waals surface area (Å²) in [6.45, 7) is 0.469. The van der Waals surface area contributed by atoms with E-state index in [9.17, 15) is 30.0 Å². The molecule has 4 N–H and O–H groups in total. The lowest BCUT2D eigenvalue weighted by Gasteiger charge is -2.27. The molecule has 0 saturated carbocycles. The lowest BCUT2D eigenvalue weighted by molar-refractivity contribution is 0.0122. The molecule has 0 bridgehead atoms. The van der Waals surface area contributed by atoms with Gasteiger partial charge in [0.15, 0.2) is 5.78 Å². The van der Waals surface area contributed by atoms with Crippen molar-refractivity contribution in [2.75, 3.05) is 6.61 Å². The van der Waals surface area contributed by atoms with Gasteiger partial charge in [-0.15, -0.1) is 0 Å². The van der Waals surface area contributed by atoms with Gasteiger partial charge in [0.25, 0.3) is 0 Å². The fraction of sp³-hybridized carbons (Fsp3) is 0.263. The molecule has 1 aliphatic carbocycles. The zero-order valence-corrected chi connectivity index (χ0v) is 13.7. The summed E-state index contributed by atoms with van der Waals surface area (Å²) < 4.78 is 5.59. The fourth-order valence-electron chi connectivity index (χ4n) is 3.66. The Hall–Kier alpha value is -3.06. The van der Waals surface area contributed by atoms with Crippen molar-refractivity contribution in [2.45, 2.75) is 25.4 Å². The molecule has 1 atom stereocenters. The quantitative estimate of drug-likeness (QED) is 0.528. The van der Waals surface area contributed by atoms with Crippen LogP contribution in [0.4, 0.5) is 0 Å². The number of ether oxygens (including phenoxy) is 1. The molecular weight excluding hydrogens is 340 g/mol. The van der Waals surface area contributed by atoms with Crippen molar-refractivity contribution in [2.24, 2.45) is 0 Å². The van der Waals surface area contributed by atoms with E-state index in [1.165, 1.54) is 0 Å². The Morgan fingerprint density at radius 1 is 0.846 bits per heavy atom. The van der Waals surface area contributed by atoms with E-state index in [-0.39, 0.29) is 39.3 Å². The predicted molar refractivity (Wildman–Crippen MR) is 89.0 cm³/mol. The van der Waals surface area contributed by atoms with Crippen LogP contribution in [0.3, 0.4) is 0 Å². The van der Waals surface area contributed by atoms with Gasteiger partial charge in [-0.3, -0.25) is 9.59 Å². The fourth-order valence-corrected chi connectivity index (χ4v) is 3.66.